The largest absolute Gasteiger partial charge is 0.105 e. The minimum Gasteiger partial charge on any atom is -0.103 e. The first-order chi connectivity index (χ1) is 4.36. The van der Waals surface area contributed by atoms with Crippen molar-refractivity contribution in [1.82, 2.24) is 0 Å². The zero-order valence-corrected chi connectivity index (χ0v) is 7.19. The molecule has 2 aliphatic rings. The minimum atomic E-state index is 0.711. The van der Waals surface area contributed by atoms with Crippen LogP contribution in [-0.4, -0.2) is 14.0 Å². The van der Waals surface area contributed by atoms with Crippen molar-refractivity contribution in [2.45, 2.75) is 16.9 Å². The molecule has 0 radical (unpaired) electrons. The van der Waals surface area contributed by atoms with Crippen molar-refractivity contribution in [1.29, 1.82) is 0 Å². The molecule has 1 saturated heterocycles. The normalized spacial score (nSPS) is 39.8. The highest BCUT2D eigenvalue weighted by Crippen LogP contribution is 2.44. The fourth-order valence-corrected chi connectivity index (χ4v) is 4.42. The molecule has 0 amide bonds. The van der Waals surface area contributed by atoms with Gasteiger partial charge in [0.1, 0.15) is 3.53 Å². The molecule has 2 rings (SSSR count). The highest BCUT2D eigenvalue weighted by Gasteiger charge is 2.32. The zero-order chi connectivity index (χ0) is 6.27. The lowest BCUT2D eigenvalue weighted by molar-refractivity contribution is 0.981. The molecule has 0 aromatic carbocycles. The predicted molar refractivity (Wildman–Crippen MR) is 49.1 cm³/mol. The van der Waals surface area contributed by atoms with Crippen LogP contribution in [-0.2, 0) is 0 Å². The molecule has 0 spiro atoms. The van der Waals surface area contributed by atoms with Crippen LogP contribution in [0, 0.1) is 0 Å². The highest BCUT2D eigenvalue weighted by atomic mass is 32.2. The Hall–Kier alpha value is 0.530. The summed E-state index contributed by atoms with van der Waals surface area (Å²) in [5, 5.41) is 1.49. The zero-order valence-electron chi connectivity index (χ0n) is 4.74. The van der Waals surface area contributed by atoms with Gasteiger partial charge in [-0.25, -0.2) is 0 Å². The molecule has 1 aliphatic heterocycles. The Kier molecular flexibility index (Phi) is 1.59. The van der Waals surface area contributed by atoms with Crippen LogP contribution in [0.4, 0.5) is 0 Å². The second-order valence-corrected chi connectivity index (χ2v) is 5.77. The van der Waals surface area contributed by atoms with Crippen molar-refractivity contribution in [3.05, 3.63) is 12.2 Å². The number of thiocarbonyl (C=S) groups is 1. The maximum Gasteiger partial charge on any atom is 0.105 e. The molecule has 0 aromatic rings. The standard InChI is InChI=1S/C6H6S3/c7-6-8-4-2-1-3-5(4)9-6/h1-2,4-5H,3H2/t4-,5+/m1/s1. The summed E-state index contributed by atoms with van der Waals surface area (Å²) in [5.74, 6) is 0. The molecule has 0 nitrogen and oxygen atoms in total. The Balaban J connectivity index is 2.17. The molecule has 1 aliphatic carbocycles. The molecule has 0 saturated carbocycles. The van der Waals surface area contributed by atoms with Gasteiger partial charge in [-0.1, -0.05) is 36.1 Å². The summed E-state index contributed by atoms with van der Waals surface area (Å²) < 4.78 is 1.13. The van der Waals surface area contributed by atoms with Gasteiger partial charge < -0.3 is 0 Å². The van der Waals surface area contributed by atoms with E-state index in [1.165, 1.54) is 6.42 Å². The summed E-state index contributed by atoms with van der Waals surface area (Å²) in [4.78, 5) is 0. The van der Waals surface area contributed by atoms with Crippen molar-refractivity contribution >= 4 is 39.3 Å². The van der Waals surface area contributed by atoms with Crippen molar-refractivity contribution in [2.75, 3.05) is 0 Å². The third-order valence-corrected chi connectivity index (χ3v) is 4.80. The van der Waals surface area contributed by atoms with Gasteiger partial charge >= 0.3 is 0 Å². The average molecular weight is 174 g/mol. The lowest BCUT2D eigenvalue weighted by atomic mass is 10.3. The van der Waals surface area contributed by atoms with Gasteiger partial charge in [0.25, 0.3) is 0 Å². The summed E-state index contributed by atoms with van der Waals surface area (Å²) in [6.07, 6.45) is 5.77. The van der Waals surface area contributed by atoms with Crippen LogP contribution in [0.2, 0.25) is 0 Å². The second-order valence-electron chi connectivity index (χ2n) is 2.15. The average Bonchev–Trinajstić information content (AvgIpc) is 2.22. The fourth-order valence-electron chi connectivity index (χ4n) is 1.10. The maximum absolute atomic E-state index is 5.07. The number of hydrogen-bond donors (Lipinski definition) is 0. The van der Waals surface area contributed by atoms with E-state index in [2.05, 4.69) is 12.2 Å². The number of allylic oxidation sites excluding steroid dienone is 1. The first kappa shape index (κ1) is 6.25. The molecule has 48 valence electrons. The number of rotatable bonds is 0. The molecule has 0 bridgehead atoms. The van der Waals surface area contributed by atoms with E-state index in [1.54, 1.807) is 0 Å². The quantitative estimate of drug-likeness (QED) is 0.409. The van der Waals surface area contributed by atoms with E-state index in [1.807, 2.05) is 23.5 Å². The van der Waals surface area contributed by atoms with E-state index in [4.69, 9.17) is 12.2 Å². The molecule has 3 heteroatoms. The van der Waals surface area contributed by atoms with Crippen LogP contribution in [0.3, 0.4) is 0 Å². The van der Waals surface area contributed by atoms with Gasteiger partial charge in [-0.2, -0.15) is 0 Å². The summed E-state index contributed by atoms with van der Waals surface area (Å²) in [7, 11) is 0. The van der Waals surface area contributed by atoms with Crippen LogP contribution in [0.25, 0.3) is 0 Å². The SMILES string of the molecule is S=C1S[C@H]2CC=C[C@H]2S1. The van der Waals surface area contributed by atoms with Gasteiger partial charge in [0, 0.05) is 10.5 Å². The number of thioether (sulfide) groups is 2. The summed E-state index contributed by atoms with van der Waals surface area (Å²) in [6, 6.07) is 0. The molecule has 9 heavy (non-hydrogen) atoms. The molecular formula is C6H6S3. The van der Waals surface area contributed by atoms with Crippen molar-refractivity contribution in [3.8, 4) is 0 Å². The predicted octanol–water partition coefficient (Wildman–Crippen LogP) is 2.45. The van der Waals surface area contributed by atoms with E-state index in [-0.39, 0.29) is 0 Å². The minimum absolute atomic E-state index is 0.711. The molecule has 0 aromatic heterocycles. The Morgan fingerprint density at radius 1 is 1.56 bits per heavy atom. The summed E-state index contributed by atoms with van der Waals surface area (Å²) in [5.41, 5.74) is 0. The Morgan fingerprint density at radius 2 is 2.44 bits per heavy atom. The topological polar surface area (TPSA) is 0 Å². The van der Waals surface area contributed by atoms with Crippen molar-refractivity contribution in [3.63, 3.8) is 0 Å². The van der Waals surface area contributed by atoms with Crippen LogP contribution in [0.1, 0.15) is 6.42 Å². The molecule has 2 atom stereocenters. The van der Waals surface area contributed by atoms with Crippen LogP contribution in [0.5, 0.6) is 0 Å². The van der Waals surface area contributed by atoms with Gasteiger partial charge in [0.2, 0.25) is 0 Å². The van der Waals surface area contributed by atoms with E-state index < -0.39 is 0 Å². The smallest absolute Gasteiger partial charge is 0.103 e. The number of hydrogen-bond acceptors (Lipinski definition) is 3. The van der Waals surface area contributed by atoms with E-state index >= 15 is 0 Å². The van der Waals surface area contributed by atoms with Crippen LogP contribution < -0.4 is 0 Å². The third-order valence-electron chi connectivity index (χ3n) is 1.54. The maximum atomic E-state index is 5.07. The first-order valence-electron chi connectivity index (χ1n) is 2.90. The molecule has 1 heterocycles. The highest BCUT2D eigenvalue weighted by molar-refractivity contribution is 8.49. The van der Waals surface area contributed by atoms with Crippen LogP contribution >= 0.6 is 35.7 Å². The van der Waals surface area contributed by atoms with Gasteiger partial charge in [-0.3, -0.25) is 0 Å². The van der Waals surface area contributed by atoms with Gasteiger partial charge in [-0.15, -0.1) is 11.8 Å². The monoisotopic (exact) mass is 174 g/mol. The van der Waals surface area contributed by atoms with Crippen LogP contribution in [0.15, 0.2) is 12.2 Å². The lowest BCUT2D eigenvalue weighted by Gasteiger charge is -2.01. The van der Waals surface area contributed by atoms with Gasteiger partial charge in [0.15, 0.2) is 0 Å². The molecular weight excluding hydrogens is 168 g/mol. The summed E-state index contributed by atoms with van der Waals surface area (Å²) >= 11 is 8.78. The second kappa shape index (κ2) is 2.29. The molecule has 0 unspecified atom stereocenters. The lowest BCUT2D eigenvalue weighted by Crippen LogP contribution is -2.04. The Morgan fingerprint density at radius 3 is 3.22 bits per heavy atom. The fraction of sp³-hybridized carbons (Fsp3) is 0.500. The van der Waals surface area contributed by atoms with Crippen molar-refractivity contribution < 1.29 is 0 Å². The molecule has 1 fully saturated rings. The van der Waals surface area contributed by atoms with Gasteiger partial charge in [-0.05, 0) is 6.42 Å². The van der Waals surface area contributed by atoms with Crippen molar-refractivity contribution in [2.24, 2.45) is 0 Å². The van der Waals surface area contributed by atoms with E-state index in [0.29, 0.717) is 5.25 Å². The number of fused-ring (bicyclic) bond motifs is 1. The summed E-state index contributed by atoms with van der Waals surface area (Å²) in [6.45, 7) is 0. The van der Waals surface area contributed by atoms with Gasteiger partial charge in [0.05, 0.1) is 0 Å². The molecule has 0 N–H and O–H groups in total. The van der Waals surface area contributed by atoms with E-state index in [0.717, 1.165) is 8.78 Å². The first-order valence-corrected chi connectivity index (χ1v) is 5.07. The Bertz CT molecular complexity index is 173. The Labute approximate surface area is 68.5 Å². The third kappa shape index (κ3) is 1.06. The van der Waals surface area contributed by atoms with E-state index in [9.17, 15) is 0 Å².